The van der Waals surface area contributed by atoms with Crippen LogP contribution >= 0.6 is 11.6 Å². The van der Waals surface area contributed by atoms with Crippen LogP contribution in [0.4, 0.5) is 4.39 Å². The summed E-state index contributed by atoms with van der Waals surface area (Å²) in [7, 11) is 0. The molecule has 24 heavy (non-hydrogen) atoms. The minimum absolute atomic E-state index is 0.0237. The third-order valence-electron chi connectivity index (χ3n) is 3.69. The standard InChI is InChI=1S/C19H19ClFNO2/c1-13(11-14-5-3-4-6-17(14)21)18(23)22-12-19(2,24)15-7-9-16(20)10-8-15/h3-11,24H,12H2,1-2H3,(H,22,23)/b13-11+. The predicted molar refractivity (Wildman–Crippen MR) is 94.1 cm³/mol. The smallest absolute Gasteiger partial charge is 0.247 e. The van der Waals surface area contributed by atoms with Crippen LogP contribution in [0.15, 0.2) is 54.1 Å². The van der Waals surface area contributed by atoms with Crippen molar-refractivity contribution in [3.8, 4) is 0 Å². The average molecular weight is 348 g/mol. The van der Waals surface area contributed by atoms with Gasteiger partial charge in [0.05, 0.1) is 6.54 Å². The van der Waals surface area contributed by atoms with E-state index in [0.717, 1.165) is 0 Å². The highest BCUT2D eigenvalue weighted by molar-refractivity contribution is 6.30. The maximum atomic E-state index is 13.6. The molecule has 1 atom stereocenters. The molecule has 0 aliphatic heterocycles. The van der Waals surface area contributed by atoms with Crippen molar-refractivity contribution in [3.63, 3.8) is 0 Å². The largest absolute Gasteiger partial charge is 0.384 e. The molecule has 0 bridgehead atoms. The molecule has 0 saturated carbocycles. The second-order valence-electron chi connectivity index (χ2n) is 5.81. The van der Waals surface area contributed by atoms with Crippen LogP contribution in [-0.2, 0) is 10.4 Å². The number of rotatable bonds is 5. The molecule has 126 valence electrons. The summed E-state index contributed by atoms with van der Waals surface area (Å²) in [5, 5.41) is 13.7. The Morgan fingerprint density at radius 2 is 1.88 bits per heavy atom. The summed E-state index contributed by atoms with van der Waals surface area (Å²) in [4.78, 5) is 12.2. The van der Waals surface area contributed by atoms with Crippen molar-refractivity contribution in [1.82, 2.24) is 5.32 Å². The summed E-state index contributed by atoms with van der Waals surface area (Å²) < 4.78 is 13.6. The van der Waals surface area contributed by atoms with Crippen molar-refractivity contribution < 1.29 is 14.3 Å². The highest BCUT2D eigenvalue weighted by atomic mass is 35.5. The van der Waals surface area contributed by atoms with E-state index in [0.29, 0.717) is 21.7 Å². The molecule has 0 aromatic heterocycles. The minimum Gasteiger partial charge on any atom is -0.384 e. The molecule has 0 heterocycles. The van der Waals surface area contributed by atoms with E-state index in [9.17, 15) is 14.3 Å². The van der Waals surface area contributed by atoms with Crippen molar-refractivity contribution in [2.75, 3.05) is 6.54 Å². The number of hydrogen-bond donors (Lipinski definition) is 2. The first-order valence-corrected chi connectivity index (χ1v) is 7.87. The molecule has 0 fully saturated rings. The van der Waals surface area contributed by atoms with Gasteiger partial charge in [-0.15, -0.1) is 0 Å². The number of nitrogens with one attached hydrogen (secondary N) is 1. The van der Waals surface area contributed by atoms with Gasteiger partial charge in [0, 0.05) is 16.2 Å². The first-order chi connectivity index (χ1) is 11.3. The molecule has 3 nitrogen and oxygen atoms in total. The van der Waals surface area contributed by atoms with Gasteiger partial charge >= 0.3 is 0 Å². The zero-order valence-corrected chi connectivity index (χ0v) is 14.3. The lowest BCUT2D eigenvalue weighted by Crippen LogP contribution is -2.38. The molecule has 1 unspecified atom stereocenters. The molecule has 0 saturated heterocycles. The molecular formula is C19H19ClFNO2. The normalized spacial score (nSPS) is 14.1. The zero-order valence-electron chi connectivity index (χ0n) is 13.5. The van der Waals surface area contributed by atoms with E-state index in [1.807, 2.05) is 0 Å². The Labute approximate surface area is 145 Å². The summed E-state index contributed by atoms with van der Waals surface area (Å²) in [6.07, 6.45) is 1.47. The van der Waals surface area contributed by atoms with E-state index in [-0.39, 0.29) is 12.5 Å². The molecule has 0 spiro atoms. The Hall–Kier alpha value is -2.17. The van der Waals surface area contributed by atoms with Crippen LogP contribution in [0.2, 0.25) is 5.02 Å². The first-order valence-electron chi connectivity index (χ1n) is 7.49. The van der Waals surface area contributed by atoms with E-state index >= 15 is 0 Å². The van der Waals surface area contributed by atoms with Crippen LogP contribution in [0.5, 0.6) is 0 Å². The summed E-state index contributed by atoms with van der Waals surface area (Å²) >= 11 is 5.83. The molecular weight excluding hydrogens is 329 g/mol. The van der Waals surface area contributed by atoms with Gasteiger partial charge in [-0.2, -0.15) is 0 Å². The second-order valence-corrected chi connectivity index (χ2v) is 6.25. The van der Waals surface area contributed by atoms with Gasteiger partial charge in [-0.25, -0.2) is 4.39 Å². The number of amides is 1. The Balaban J connectivity index is 2.04. The van der Waals surface area contributed by atoms with Crippen molar-refractivity contribution >= 4 is 23.6 Å². The summed E-state index contributed by atoms with van der Waals surface area (Å²) in [5.74, 6) is -0.759. The van der Waals surface area contributed by atoms with Gasteiger partial charge in [0.1, 0.15) is 11.4 Å². The van der Waals surface area contributed by atoms with E-state index in [1.165, 1.54) is 12.1 Å². The number of halogens is 2. The number of hydrogen-bond acceptors (Lipinski definition) is 2. The van der Waals surface area contributed by atoms with Gasteiger partial charge in [-0.3, -0.25) is 4.79 Å². The molecule has 2 aromatic carbocycles. The quantitative estimate of drug-likeness (QED) is 0.806. The van der Waals surface area contributed by atoms with Crippen molar-refractivity contribution in [1.29, 1.82) is 0 Å². The fraction of sp³-hybridized carbons (Fsp3) is 0.211. The highest BCUT2D eigenvalue weighted by Gasteiger charge is 2.24. The molecule has 0 aliphatic rings. The molecule has 2 rings (SSSR count). The maximum Gasteiger partial charge on any atom is 0.247 e. The number of carbonyl (C=O) groups excluding carboxylic acids is 1. The van der Waals surface area contributed by atoms with Crippen molar-refractivity contribution in [2.24, 2.45) is 0 Å². The third kappa shape index (κ3) is 4.66. The molecule has 2 aromatic rings. The van der Waals surface area contributed by atoms with Crippen LogP contribution in [0, 0.1) is 5.82 Å². The van der Waals surface area contributed by atoms with E-state index < -0.39 is 11.4 Å². The molecule has 0 aliphatic carbocycles. The van der Waals surface area contributed by atoms with Gasteiger partial charge in [-0.1, -0.05) is 41.9 Å². The Morgan fingerprint density at radius 1 is 1.25 bits per heavy atom. The lowest BCUT2D eigenvalue weighted by Gasteiger charge is -2.24. The van der Waals surface area contributed by atoms with Crippen LogP contribution in [0.1, 0.15) is 25.0 Å². The van der Waals surface area contributed by atoms with Gasteiger partial charge in [0.15, 0.2) is 0 Å². The van der Waals surface area contributed by atoms with Crippen LogP contribution in [0.3, 0.4) is 0 Å². The van der Waals surface area contributed by atoms with Gasteiger partial charge in [0.25, 0.3) is 0 Å². The lowest BCUT2D eigenvalue weighted by molar-refractivity contribution is -0.118. The van der Waals surface area contributed by atoms with E-state index in [4.69, 9.17) is 11.6 Å². The van der Waals surface area contributed by atoms with Crippen molar-refractivity contribution in [3.05, 3.63) is 76.1 Å². The van der Waals surface area contributed by atoms with Gasteiger partial charge in [-0.05, 0) is 43.7 Å². The van der Waals surface area contributed by atoms with Crippen LogP contribution in [-0.4, -0.2) is 17.6 Å². The summed E-state index contributed by atoms with van der Waals surface area (Å²) in [5.41, 5.74) is 0.1000. The van der Waals surface area contributed by atoms with Gasteiger partial charge < -0.3 is 10.4 Å². The molecule has 1 amide bonds. The fourth-order valence-corrected chi connectivity index (χ4v) is 2.32. The topological polar surface area (TPSA) is 49.3 Å². The maximum absolute atomic E-state index is 13.6. The number of aliphatic hydroxyl groups is 1. The highest BCUT2D eigenvalue weighted by Crippen LogP contribution is 2.22. The fourth-order valence-electron chi connectivity index (χ4n) is 2.19. The SMILES string of the molecule is C/C(=C\c1ccccc1F)C(=O)NCC(C)(O)c1ccc(Cl)cc1. The number of benzene rings is 2. The Bertz CT molecular complexity index is 754. The van der Waals surface area contributed by atoms with E-state index in [1.54, 1.807) is 56.3 Å². The average Bonchev–Trinajstić information content (AvgIpc) is 2.55. The lowest BCUT2D eigenvalue weighted by atomic mass is 9.96. The predicted octanol–water partition coefficient (Wildman–Crippen LogP) is 3.91. The Morgan fingerprint density at radius 3 is 2.50 bits per heavy atom. The monoisotopic (exact) mass is 347 g/mol. The first kappa shape index (κ1) is 18.2. The van der Waals surface area contributed by atoms with Crippen LogP contribution in [0.25, 0.3) is 6.08 Å². The van der Waals surface area contributed by atoms with Crippen LogP contribution < -0.4 is 5.32 Å². The van der Waals surface area contributed by atoms with E-state index in [2.05, 4.69) is 5.32 Å². The summed E-state index contributed by atoms with van der Waals surface area (Å²) in [6, 6.07) is 13.0. The third-order valence-corrected chi connectivity index (χ3v) is 3.95. The zero-order chi connectivity index (χ0) is 17.7. The minimum atomic E-state index is -1.24. The van der Waals surface area contributed by atoms with Gasteiger partial charge in [0.2, 0.25) is 5.91 Å². The molecule has 2 N–H and O–H groups in total. The summed E-state index contributed by atoms with van der Waals surface area (Å²) in [6.45, 7) is 3.22. The molecule has 5 heteroatoms. The Kier molecular flexibility index (Phi) is 5.75. The second kappa shape index (κ2) is 7.60. The number of carbonyl (C=O) groups is 1. The molecule has 0 radical (unpaired) electrons. The van der Waals surface area contributed by atoms with Crippen molar-refractivity contribution in [2.45, 2.75) is 19.4 Å².